The van der Waals surface area contributed by atoms with Gasteiger partial charge < -0.3 is 15.2 Å². The van der Waals surface area contributed by atoms with Gasteiger partial charge in [0.1, 0.15) is 11.4 Å². The van der Waals surface area contributed by atoms with E-state index >= 15 is 0 Å². The van der Waals surface area contributed by atoms with Crippen molar-refractivity contribution in [3.05, 3.63) is 53.5 Å². The molecule has 1 aromatic heterocycles. The number of halogens is 3. The van der Waals surface area contributed by atoms with Crippen molar-refractivity contribution in [2.24, 2.45) is 16.6 Å². The summed E-state index contributed by atoms with van der Waals surface area (Å²) < 4.78 is 54.3. The zero-order chi connectivity index (χ0) is 21.6. The first kappa shape index (κ1) is 20.1. The van der Waals surface area contributed by atoms with Gasteiger partial charge in [0.05, 0.1) is 18.6 Å². The molecule has 0 radical (unpaired) electrons. The van der Waals surface area contributed by atoms with Gasteiger partial charge in [0.15, 0.2) is 23.3 Å². The molecule has 0 saturated carbocycles. The molecule has 1 aromatic carbocycles. The number of guanidine groups is 1. The van der Waals surface area contributed by atoms with Crippen molar-refractivity contribution in [3.8, 4) is 11.6 Å². The average Bonchev–Trinajstić information content (AvgIpc) is 2.71. The lowest BCUT2D eigenvalue weighted by molar-refractivity contribution is -0.144. The van der Waals surface area contributed by atoms with Gasteiger partial charge in [-0.05, 0) is 31.5 Å². The molecule has 0 unspecified atom stereocenters. The summed E-state index contributed by atoms with van der Waals surface area (Å²) in [7, 11) is 1.48. The van der Waals surface area contributed by atoms with Crippen LogP contribution in [-0.2, 0) is 15.1 Å². The van der Waals surface area contributed by atoms with E-state index in [1.807, 2.05) is 0 Å². The fourth-order valence-corrected chi connectivity index (χ4v) is 3.82. The number of nitrogens with zero attached hydrogens (tertiary/aromatic N) is 3. The van der Waals surface area contributed by atoms with Gasteiger partial charge in [0.2, 0.25) is 5.91 Å². The van der Waals surface area contributed by atoms with Crippen LogP contribution in [0.15, 0.2) is 35.5 Å². The molecule has 1 amide bonds. The maximum Gasteiger partial charge on any atom is 0.255 e. The summed E-state index contributed by atoms with van der Waals surface area (Å²) in [6.07, 6.45) is 1.27. The third-order valence-corrected chi connectivity index (χ3v) is 5.44. The number of rotatable bonds is 3. The molecule has 2 aromatic rings. The molecular formula is C20H19F3N4O3. The maximum atomic E-state index is 15.0. The fraction of sp³-hybridized carbons (Fsp3) is 0.350. The number of fused-ring (bicyclic) bond motifs is 1. The Labute approximate surface area is 170 Å². The smallest absolute Gasteiger partial charge is 0.255 e. The number of pyridine rings is 1. The summed E-state index contributed by atoms with van der Waals surface area (Å²) in [4.78, 5) is 22.2. The highest BCUT2D eigenvalue weighted by molar-refractivity contribution is 6.00. The van der Waals surface area contributed by atoms with E-state index in [0.29, 0.717) is 6.07 Å². The summed E-state index contributed by atoms with van der Waals surface area (Å²) in [6, 6.07) is 4.10. The highest BCUT2D eigenvalue weighted by Gasteiger charge is 2.54. The van der Waals surface area contributed by atoms with Crippen LogP contribution in [0.3, 0.4) is 0 Å². The summed E-state index contributed by atoms with van der Waals surface area (Å²) in [5, 5.41) is 0. The molecule has 0 bridgehead atoms. The molecule has 2 N–H and O–H groups in total. The summed E-state index contributed by atoms with van der Waals surface area (Å²) in [5.41, 5.74) is 4.28. The molecule has 7 nitrogen and oxygen atoms in total. The van der Waals surface area contributed by atoms with Crippen LogP contribution in [0.1, 0.15) is 18.9 Å². The van der Waals surface area contributed by atoms with Crippen LogP contribution in [0.5, 0.6) is 11.6 Å². The highest BCUT2D eigenvalue weighted by atomic mass is 19.1. The lowest BCUT2D eigenvalue weighted by Gasteiger charge is -2.46. The third kappa shape index (κ3) is 3.17. The molecule has 30 heavy (non-hydrogen) atoms. The van der Waals surface area contributed by atoms with E-state index in [1.165, 1.54) is 24.2 Å². The lowest BCUT2D eigenvalue weighted by Crippen LogP contribution is -2.59. The lowest BCUT2D eigenvalue weighted by atomic mass is 9.72. The zero-order valence-electron chi connectivity index (χ0n) is 16.2. The predicted octanol–water partition coefficient (Wildman–Crippen LogP) is 2.70. The number of carbonyl (C=O) groups excluding carboxylic acids is 1. The maximum absolute atomic E-state index is 15.0. The molecule has 0 spiro atoms. The van der Waals surface area contributed by atoms with E-state index in [1.54, 1.807) is 6.92 Å². The van der Waals surface area contributed by atoms with Crippen LogP contribution in [0.25, 0.3) is 0 Å². The fourth-order valence-electron chi connectivity index (χ4n) is 3.82. The Kier molecular flexibility index (Phi) is 4.89. The Morgan fingerprint density at radius 2 is 2.03 bits per heavy atom. The monoisotopic (exact) mass is 420 g/mol. The Hall–Kier alpha value is -3.14. The highest BCUT2D eigenvalue weighted by Crippen LogP contribution is 2.46. The molecule has 3 atom stereocenters. The Bertz CT molecular complexity index is 1050. The topological polar surface area (TPSA) is 90.0 Å². The first-order chi connectivity index (χ1) is 14.2. The molecule has 1 fully saturated rings. The zero-order valence-corrected chi connectivity index (χ0v) is 16.2. The van der Waals surface area contributed by atoms with Gasteiger partial charge in [-0.1, -0.05) is 0 Å². The standard InChI is InChI=1S/C20H19F3N4O3/c1-10-6-12-18(28)27(2)19(24)26-20(12,9-29-10)11-7-16(15(23)8-14(11)22)30-17-13(21)4-3-5-25-17/h3-5,7-8,10,12H,6,9H2,1-2H3,(H2,24,26)/t10-,12-,20+/m0/s1. The molecule has 2 aliphatic rings. The van der Waals surface area contributed by atoms with Gasteiger partial charge in [0, 0.05) is 24.9 Å². The van der Waals surface area contributed by atoms with Crippen LogP contribution in [0, 0.1) is 23.4 Å². The Morgan fingerprint density at radius 3 is 2.77 bits per heavy atom. The van der Waals surface area contributed by atoms with E-state index in [-0.39, 0.29) is 36.6 Å². The van der Waals surface area contributed by atoms with E-state index in [0.717, 1.165) is 12.1 Å². The number of aliphatic imine (C=N–C) groups is 1. The van der Waals surface area contributed by atoms with Gasteiger partial charge in [0.25, 0.3) is 5.88 Å². The number of ether oxygens (including phenoxy) is 2. The molecular weight excluding hydrogens is 401 g/mol. The number of nitrogens with two attached hydrogens (primary N) is 1. The van der Waals surface area contributed by atoms with E-state index < -0.39 is 40.5 Å². The van der Waals surface area contributed by atoms with Gasteiger partial charge in [-0.15, -0.1) is 0 Å². The third-order valence-electron chi connectivity index (χ3n) is 5.44. The molecule has 2 aliphatic heterocycles. The van der Waals surface area contributed by atoms with Gasteiger partial charge in [-0.3, -0.25) is 9.69 Å². The van der Waals surface area contributed by atoms with Crippen molar-refractivity contribution in [1.29, 1.82) is 0 Å². The minimum atomic E-state index is -1.50. The molecule has 158 valence electrons. The summed E-state index contributed by atoms with van der Waals surface area (Å²) >= 11 is 0. The van der Waals surface area contributed by atoms with E-state index in [9.17, 15) is 18.0 Å². The second kappa shape index (κ2) is 7.28. The van der Waals surface area contributed by atoms with Crippen molar-refractivity contribution < 1.29 is 27.4 Å². The quantitative estimate of drug-likeness (QED) is 0.825. The Balaban J connectivity index is 1.86. The van der Waals surface area contributed by atoms with Crippen LogP contribution >= 0.6 is 0 Å². The number of aromatic nitrogens is 1. The van der Waals surface area contributed by atoms with Gasteiger partial charge in [-0.2, -0.15) is 0 Å². The van der Waals surface area contributed by atoms with Crippen molar-refractivity contribution in [2.45, 2.75) is 25.0 Å². The molecule has 1 saturated heterocycles. The van der Waals surface area contributed by atoms with Crippen LogP contribution < -0.4 is 10.5 Å². The number of benzene rings is 1. The van der Waals surface area contributed by atoms with Crippen molar-refractivity contribution in [1.82, 2.24) is 9.88 Å². The van der Waals surface area contributed by atoms with Crippen LogP contribution in [0.2, 0.25) is 0 Å². The van der Waals surface area contributed by atoms with Crippen LogP contribution in [-0.4, -0.2) is 41.5 Å². The van der Waals surface area contributed by atoms with Crippen LogP contribution in [0.4, 0.5) is 13.2 Å². The Morgan fingerprint density at radius 1 is 1.27 bits per heavy atom. The van der Waals surface area contributed by atoms with Crippen molar-refractivity contribution in [2.75, 3.05) is 13.7 Å². The van der Waals surface area contributed by atoms with E-state index in [4.69, 9.17) is 15.2 Å². The minimum Gasteiger partial charge on any atom is -0.433 e. The number of carbonyl (C=O) groups is 1. The second-order valence-corrected chi connectivity index (χ2v) is 7.36. The van der Waals surface area contributed by atoms with Gasteiger partial charge >= 0.3 is 0 Å². The summed E-state index contributed by atoms with van der Waals surface area (Å²) in [5.74, 6) is -5.00. The number of amides is 1. The van der Waals surface area contributed by atoms with Crippen molar-refractivity contribution in [3.63, 3.8) is 0 Å². The predicted molar refractivity (Wildman–Crippen MR) is 100 cm³/mol. The summed E-state index contributed by atoms with van der Waals surface area (Å²) in [6.45, 7) is 1.65. The average molecular weight is 420 g/mol. The number of hydrogen-bond acceptors (Lipinski definition) is 6. The molecule has 10 heteroatoms. The first-order valence-corrected chi connectivity index (χ1v) is 9.25. The molecule has 3 heterocycles. The normalized spacial score (nSPS) is 26.2. The number of hydrogen-bond donors (Lipinski definition) is 1. The SMILES string of the molecule is C[C@H]1C[C@H]2C(=O)N(C)C(N)=N[C@@]2(c2cc(Oc3ncccc3F)c(F)cc2F)CO1. The first-order valence-electron chi connectivity index (χ1n) is 9.25. The molecule has 4 rings (SSSR count). The van der Waals surface area contributed by atoms with Crippen molar-refractivity contribution >= 4 is 11.9 Å². The molecule has 0 aliphatic carbocycles. The van der Waals surface area contributed by atoms with E-state index in [2.05, 4.69) is 9.98 Å². The van der Waals surface area contributed by atoms with Gasteiger partial charge in [-0.25, -0.2) is 23.1 Å². The minimum absolute atomic E-state index is 0.114. The second-order valence-electron chi connectivity index (χ2n) is 7.36. The largest absolute Gasteiger partial charge is 0.433 e.